The van der Waals surface area contributed by atoms with Crippen LogP contribution in [0.25, 0.3) is 0 Å². The van der Waals surface area contributed by atoms with Gasteiger partial charge in [0, 0.05) is 31.0 Å². The lowest BCUT2D eigenvalue weighted by Gasteiger charge is -2.00. The van der Waals surface area contributed by atoms with Gasteiger partial charge in [0.2, 0.25) is 0 Å². The fraction of sp³-hybridized carbons (Fsp3) is 0.667. The Morgan fingerprint density at radius 1 is 1.69 bits per heavy atom. The van der Waals surface area contributed by atoms with Crippen LogP contribution in [-0.2, 0) is 13.0 Å². The first-order valence-electron chi connectivity index (χ1n) is 4.47. The first kappa shape index (κ1) is 10.6. The first-order chi connectivity index (χ1) is 6.22. The monoisotopic (exact) mass is 199 g/mol. The van der Waals surface area contributed by atoms with E-state index in [1.54, 1.807) is 0 Å². The maximum Gasteiger partial charge on any atom is 0.0949 e. The molecule has 1 aromatic rings. The Labute approximate surface area is 83.7 Å². The van der Waals surface area contributed by atoms with Crippen molar-refractivity contribution in [1.82, 2.24) is 9.55 Å². The second-order valence-electron chi connectivity index (χ2n) is 3.28. The highest BCUT2D eigenvalue weighted by Gasteiger charge is 2.01. The highest BCUT2D eigenvalue weighted by Crippen LogP contribution is 2.01. The molecule has 74 valence electrons. The lowest BCUT2D eigenvalue weighted by Crippen LogP contribution is -2.17. The average Bonchev–Trinajstić information content (AvgIpc) is 2.48. The molecule has 0 fully saturated rings. The van der Waals surface area contributed by atoms with Gasteiger partial charge >= 0.3 is 0 Å². The van der Waals surface area contributed by atoms with E-state index < -0.39 is 0 Å². The Hall–Kier alpha value is -0.480. The highest BCUT2D eigenvalue weighted by atomic mass is 32.2. The summed E-state index contributed by atoms with van der Waals surface area (Å²) in [5.74, 6) is 1.13. The minimum Gasteiger partial charge on any atom is -0.336 e. The Morgan fingerprint density at radius 2 is 2.46 bits per heavy atom. The third-order valence-electron chi connectivity index (χ3n) is 1.77. The minimum atomic E-state index is 0.198. The van der Waals surface area contributed by atoms with Crippen LogP contribution >= 0.6 is 11.8 Å². The minimum absolute atomic E-state index is 0.198. The maximum absolute atomic E-state index is 5.68. The van der Waals surface area contributed by atoms with Gasteiger partial charge in [0.15, 0.2) is 0 Å². The summed E-state index contributed by atoms with van der Waals surface area (Å²) in [5.41, 5.74) is 6.77. The third-order valence-corrected chi connectivity index (χ3v) is 2.36. The Kier molecular flexibility index (Phi) is 4.32. The van der Waals surface area contributed by atoms with Crippen LogP contribution < -0.4 is 5.73 Å². The van der Waals surface area contributed by atoms with Crippen molar-refractivity contribution < 1.29 is 0 Å². The Morgan fingerprint density at radius 3 is 3.08 bits per heavy atom. The summed E-state index contributed by atoms with van der Waals surface area (Å²) in [7, 11) is 0. The van der Waals surface area contributed by atoms with E-state index in [1.807, 2.05) is 25.0 Å². The van der Waals surface area contributed by atoms with Gasteiger partial charge in [-0.3, -0.25) is 0 Å². The predicted molar refractivity (Wildman–Crippen MR) is 58.0 cm³/mol. The number of hydrogen-bond donors (Lipinski definition) is 1. The van der Waals surface area contributed by atoms with Crippen LogP contribution in [0.2, 0.25) is 0 Å². The zero-order chi connectivity index (χ0) is 9.68. The van der Waals surface area contributed by atoms with Crippen molar-refractivity contribution in [3.63, 3.8) is 0 Å². The van der Waals surface area contributed by atoms with Crippen molar-refractivity contribution in [2.75, 3.05) is 12.0 Å². The number of imidazole rings is 1. The summed E-state index contributed by atoms with van der Waals surface area (Å²) in [6.45, 7) is 3.04. The Balaban J connectivity index is 2.44. The molecule has 1 heterocycles. The molecule has 0 aliphatic carbocycles. The molecule has 0 aromatic carbocycles. The zero-order valence-electron chi connectivity index (χ0n) is 8.23. The van der Waals surface area contributed by atoms with Crippen LogP contribution in [0.4, 0.5) is 0 Å². The molecule has 2 N–H and O–H groups in total. The second-order valence-corrected chi connectivity index (χ2v) is 4.26. The molecule has 1 atom stereocenters. The van der Waals surface area contributed by atoms with Gasteiger partial charge < -0.3 is 10.3 Å². The smallest absolute Gasteiger partial charge is 0.0949 e. The lowest BCUT2D eigenvalue weighted by atomic mass is 10.2. The number of nitrogens with zero attached hydrogens (tertiary/aromatic N) is 2. The van der Waals surface area contributed by atoms with Crippen molar-refractivity contribution in [1.29, 1.82) is 0 Å². The van der Waals surface area contributed by atoms with E-state index in [0.29, 0.717) is 0 Å². The molecule has 1 unspecified atom stereocenters. The van der Waals surface area contributed by atoms with E-state index >= 15 is 0 Å². The summed E-state index contributed by atoms with van der Waals surface area (Å²) in [5, 5.41) is 0. The fourth-order valence-electron chi connectivity index (χ4n) is 1.16. The second kappa shape index (κ2) is 5.29. The fourth-order valence-corrected chi connectivity index (χ4v) is 1.55. The van der Waals surface area contributed by atoms with E-state index in [0.717, 1.165) is 24.4 Å². The Bertz CT molecular complexity index is 245. The number of thioether (sulfide) groups is 1. The number of nitrogens with two attached hydrogens (primary N) is 1. The topological polar surface area (TPSA) is 43.8 Å². The number of aryl methyl sites for hydroxylation is 1. The number of rotatable bonds is 5. The van der Waals surface area contributed by atoms with E-state index in [4.69, 9.17) is 5.73 Å². The largest absolute Gasteiger partial charge is 0.336 e. The molecular formula is C9H17N3S. The van der Waals surface area contributed by atoms with Crippen molar-refractivity contribution in [3.8, 4) is 0 Å². The van der Waals surface area contributed by atoms with Crippen LogP contribution in [-0.4, -0.2) is 27.6 Å². The zero-order valence-corrected chi connectivity index (χ0v) is 9.05. The van der Waals surface area contributed by atoms with Crippen LogP contribution in [0, 0.1) is 0 Å². The van der Waals surface area contributed by atoms with Crippen LogP contribution in [0.1, 0.15) is 12.6 Å². The van der Waals surface area contributed by atoms with Crippen molar-refractivity contribution in [3.05, 3.63) is 18.2 Å². The van der Waals surface area contributed by atoms with Gasteiger partial charge in [-0.2, -0.15) is 11.8 Å². The van der Waals surface area contributed by atoms with Crippen LogP contribution in [0.3, 0.4) is 0 Å². The molecule has 0 saturated heterocycles. The predicted octanol–water partition coefficient (Wildman–Crippen LogP) is 1.14. The van der Waals surface area contributed by atoms with Gasteiger partial charge in [0.05, 0.1) is 12.0 Å². The molecule has 13 heavy (non-hydrogen) atoms. The lowest BCUT2D eigenvalue weighted by molar-refractivity contribution is 0.722. The summed E-state index contributed by atoms with van der Waals surface area (Å²) in [4.78, 5) is 4.28. The van der Waals surface area contributed by atoms with Gasteiger partial charge in [-0.1, -0.05) is 0 Å². The first-order valence-corrected chi connectivity index (χ1v) is 5.87. The standard InChI is InChI=1S/C9H17N3S/c1-8(10)5-9-6-12(7-11-9)3-4-13-2/h6-8H,3-5,10H2,1-2H3. The van der Waals surface area contributed by atoms with Crippen molar-refractivity contribution in [2.45, 2.75) is 25.9 Å². The maximum atomic E-state index is 5.68. The molecule has 0 radical (unpaired) electrons. The molecule has 3 nitrogen and oxygen atoms in total. The third kappa shape index (κ3) is 3.83. The molecule has 0 aliphatic heterocycles. The average molecular weight is 199 g/mol. The molecule has 0 amide bonds. The summed E-state index contributed by atoms with van der Waals surface area (Å²) >= 11 is 1.85. The highest BCUT2D eigenvalue weighted by molar-refractivity contribution is 7.98. The molecule has 1 aromatic heterocycles. The molecule has 0 aliphatic rings. The van der Waals surface area contributed by atoms with Gasteiger partial charge in [0.1, 0.15) is 0 Å². The number of aromatic nitrogens is 2. The van der Waals surface area contributed by atoms with E-state index in [9.17, 15) is 0 Å². The van der Waals surface area contributed by atoms with E-state index in [-0.39, 0.29) is 6.04 Å². The molecular weight excluding hydrogens is 182 g/mol. The molecule has 1 rings (SSSR count). The van der Waals surface area contributed by atoms with E-state index in [1.165, 1.54) is 0 Å². The van der Waals surface area contributed by atoms with Gasteiger partial charge in [0.25, 0.3) is 0 Å². The molecule has 0 saturated carbocycles. The SMILES string of the molecule is CSCCn1cnc(CC(C)N)c1. The van der Waals surface area contributed by atoms with Crippen LogP contribution in [0.15, 0.2) is 12.5 Å². The summed E-state index contributed by atoms with van der Waals surface area (Å²) < 4.78 is 2.12. The molecule has 0 bridgehead atoms. The normalized spacial score (nSPS) is 13.2. The van der Waals surface area contributed by atoms with Crippen LogP contribution in [0.5, 0.6) is 0 Å². The molecule has 4 heteroatoms. The van der Waals surface area contributed by atoms with Crippen molar-refractivity contribution in [2.24, 2.45) is 5.73 Å². The van der Waals surface area contributed by atoms with E-state index in [2.05, 4.69) is 22.0 Å². The summed E-state index contributed by atoms with van der Waals surface area (Å²) in [6.07, 6.45) is 6.94. The number of hydrogen-bond acceptors (Lipinski definition) is 3. The van der Waals surface area contributed by atoms with Gasteiger partial charge in [-0.15, -0.1) is 0 Å². The molecule has 0 spiro atoms. The quantitative estimate of drug-likeness (QED) is 0.773. The van der Waals surface area contributed by atoms with Gasteiger partial charge in [-0.25, -0.2) is 4.98 Å². The van der Waals surface area contributed by atoms with Gasteiger partial charge in [-0.05, 0) is 13.2 Å². The van der Waals surface area contributed by atoms with Crippen molar-refractivity contribution >= 4 is 11.8 Å². The summed E-state index contributed by atoms with van der Waals surface area (Å²) in [6, 6.07) is 0.198.